The van der Waals surface area contributed by atoms with Crippen molar-refractivity contribution in [1.82, 2.24) is 4.90 Å². The predicted molar refractivity (Wildman–Crippen MR) is 115 cm³/mol. The molecule has 2 aromatic carbocycles. The molecule has 0 saturated carbocycles. The zero-order chi connectivity index (χ0) is 21.7. The average Bonchev–Trinajstić information content (AvgIpc) is 3.01. The molecule has 7 nitrogen and oxygen atoms in total. The van der Waals surface area contributed by atoms with Gasteiger partial charge in [0.15, 0.2) is 11.5 Å². The van der Waals surface area contributed by atoms with Gasteiger partial charge in [-0.3, -0.25) is 14.5 Å². The summed E-state index contributed by atoms with van der Waals surface area (Å²) in [6.07, 6.45) is 0. The minimum Gasteiger partial charge on any atom is -0.496 e. The van der Waals surface area contributed by atoms with Crippen LogP contribution in [0.5, 0.6) is 17.2 Å². The number of benzene rings is 2. The highest BCUT2D eigenvalue weighted by atomic mass is 32.2. The zero-order valence-electron chi connectivity index (χ0n) is 17.0. The molecule has 0 unspecified atom stereocenters. The van der Waals surface area contributed by atoms with Crippen molar-refractivity contribution in [2.24, 2.45) is 0 Å². The maximum absolute atomic E-state index is 13.3. The van der Waals surface area contributed by atoms with Gasteiger partial charge in [0, 0.05) is 11.3 Å². The maximum atomic E-state index is 13.3. The molecule has 158 valence electrons. The molecule has 0 saturated heterocycles. The van der Waals surface area contributed by atoms with Crippen LogP contribution in [-0.4, -0.2) is 55.5 Å². The quantitative estimate of drug-likeness (QED) is 0.614. The Labute approximate surface area is 179 Å². The second-order valence-corrected chi connectivity index (χ2v) is 7.46. The van der Waals surface area contributed by atoms with E-state index in [0.717, 1.165) is 17.3 Å². The van der Waals surface area contributed by atoms with E-state index in [0.29, 0.717) is 33.5 Å². The van der Waals surface area contributed by atoms with Crippen LogP contribution >= 0.6 is 11.8 Å². The third-order valence-corrected chi connectivity index (χ3v) is 5.71. The number of para-hydroxylation sites is 1. The first kappa shape index (κ1) is 21.7. The predicted octanol–water partition coefficient (Wildman–Crippen LogP) is 2.72. The Balaban J connectivity index is 2.02. The smallest absolute Gasteiger partial charge is 0.268 e. The van der Waals surface area contributed by atoms with E-state index in [2.05, 4.69) is 0 Å². The van der Waals surface area contributed by atoms with Crippen LogP contribution in [-0.2, 0) is 16.1 Å². The molecule has 0 aromatic heterocycles. The van der Waals surface area contributed by atoms with Gasteiger partial charge in [0.1, 0.15) is 5.75 Å². The summed E-state index contributed by atoms with van der Waals surface area (Å²) in [6.45, 7) is -0.0248. The van der Waals surface area contributed by atoms with Gasteiger partial charge in [-0.05, 0) is 23.8 Å². The number of methoxy groups -OCH3 is 3. The Kier molecular flexibility index (Phi) is 7.02. The second-order valence-electron chi connectivity index (χ2n) is 6.35. The van der Waals surface area contributed by atoms with Gasteiger partial charge in [0.2, 0.25) is 0 Å². The van der Waals surface area contributed by atoms with Crippen molar-refractivity contribution in [2.75, 3.05) is 33.7 Å². The number of amides is 2. The summed E-state index contributed by atoms with van der Waals surface area (Å²) in [4.78, 5) is 27.9. The molecular weight excluding hydrogens is 406 g/mol. The molecule has 30 heavy (non-hydrogen) atoms. The summed E-state index contributed by atoms with van der Waals surface area (Å²) >= 11 is 1.16. The third kappa shape index (κ3) is 4.15. The van der Waals surface area contributed by atoms with E-state index in [1.807, 2.05) is 18.2 Å². The van der Waals surface area contributed by atoms with Gasteiger partial charge in [0.05, 0.1) is 45.0 Å². The molecule has 1 aliphatic rings. The minimum atomic E-state index is -0.404. The molecule has 8 heteroatoms. The van der Waals surface area contributed by atoms with Crippen molar-refractivity contribution in [2.45, 2.75) is 6.54 Å². The molecule has 1 N–H and O–H groups in total. The first-order valence-electron chi connectivity index (χ1n) is 9.24. The molecule has 1 aliphatic heterocycles. The fourth-order valence-corrected chi connectivity index (χ4v) is 4.11. The lowest BCUT2D eigenvalue weighted by atomic mass is 10.1. The first-order chi connectivity index (χ1) is 14.5. The van der Waals surface area contributed by atoms with E-state index >= 15 is 0 Å². The van der Waals surface area contributed by atoms with E-state index in [1.165, 1.54) is 19.1 Å². The van der Waals surface area contributed by atoms with E-state index in [4.69, 9.17) is 14.2 Å². The fraction of sp³-hybridized carbons (Fsp3) is 0.273. The summed E-state index contributed by atoms with van der Waals surface area (Å²) in [5.41, 5.74) is 1.56. The number of thioether (sulfide) groups is 1. The number of carbonyl (C=O) groups is 2. The molecule has 0 bridgehead atoms. The summed E-state index contributed by atoms with van der Waals surface area (Å²) in [5.74, 6) is 1.08. The number of carbonyl (C=O) groups excluding carboxylic acids is 2. The lowest BCUT2D eigenvalue weighted by molar-refractivity contribution is -0.137. The molecule has 0 fully saturated rings. The topological polar surface area (TPSA) is 85.3 Å². The number of nitrogens with zero attached hydrogens (tertiary/aromatic N) is 1. The number of ether oxygens (including phenoxy) is 3. The Morgan fingerprint density at radius 3 is 2.27 bits per heavy atom. The van der Waals surface area contributed by atoms with Crippen LogP contribution in [0.15, 0.2) is 47.4 Å². The molecular formula is C22H23NO6S. The molecule has 2 aromatic rings. The maximum Gasteiger partial charge on any atom is 0.268 e. The minimum absolute atomic E-state index is 0.0850. The lowest BCUT2D eigenvalue weighted by Gasteiger charge is -2.17. The molecule has 1 heterocycles. The van der Waals surface area contributed by atoms with Gasteiger partial charge < -0.3 is 19.3 Å². The van der Waals surface area contributed by atoms with Crippen molar-refractivity contribution in [3.05, 3.63) is 58.5 Å². The van der Waals surface area contributed by atoms with Gasteiger partial charge in [-0.15, -0.1) is 11.8 Å². The SMILES string of the molecule is COc1ccccc1CN1C(=O)C(SCCO)=C(c2ccc(OC)c(OC)c2)C1=O. The number of rotatable bonds is 9. The van der Waals surface area contributed by atoms with E-state index in [9.17, 15) is 14.7 Å². The van der Waals surface area contributed by atoms with Crippen LogP contribution in [0.25, 0.3) is 5.57 Å². The fourth-order valence-electron chi connectivity index (χ4n) is 3.23. The molecule has 0 spiro atoms. The molecule has 3 rings (SSSR count). The highest BCUT2D eigenvalue weighted by molar-refractivity contribution is 8.04. The molecule has 2 amide bonds. The molecule has 0 aliphatic carbocycles. The molecule has 0 radical (unpaired) electrons. The van der Waals surface area contributed by atoms with Crippen molar-refractivity contribution in [1.29, 1.82) is 0 Å². The van der Waals surface area contributed by atoms with Crippen LogP contribution in [0.2, 0.25) is 0 Å². The van der Waals surface area contributed by atoms with Crippen LogP contribution in [0, 0.1) is 0 Å². The normalized spacial score (nSPS) is 13.8. The van der Waals surface area contributed by atoms with Crippen LogP contribution < -0.4 is 14.2 Å². The highest BCUT2D eigenvalue weighted by Crippen LogP contribution is 2.39. The lowest BCUT2D eigenvalue weighted by Crippen LogP contribution is -2.31. The van der Waals surface area contributed by atoms with Gasteiger partial charge in [-0.25, -0.2) is 0 Å². The third-order valence-electron chi connectivity index (χ3n) is 4.66. The van der Waals surface area contributed by atoms with Crippen molar-refractivity contribution in [3.63, 3.8) is 0 Å². The Hall–Kier alpha value is -2.97. The Bertz CT molecular complexity index is 987. The summed E-state index contributed by atoms with van der Waals surface area (Å²) in [7, 11) is 4.58. The van der Waals surface area contributed by atoms with E-state index in [1.54, 1.807) is 31.4 Å². The highest BCUT2D eigenvalue weighted by Gasteiger charge is 2.39. The van der Waals surface area contributed by atoms with Crippen LogP contribution in [0.4, 0.5) is 0 Å². The van der Waals surface area contributed by atoms with Crippen molar-refractivity contribution in [3.8, 4) is 17.2 Å². The Morgan fingerprint density at radius 1 is 0.900 bits per heavy atom. The van der Waals surface area contributed by atoms with E-state index in [-0.39, 0.29) is 18.7 Å². The second kappa shape index (κ2) is 9.69. The van der Waals surface area contributed by atoms with Crippen molar-refractivity contribution < 1.29 is 28.9 Å². The standard InChI is InChI=1S/C22H23NO6S/c1-27-16-7-5-4-6-15(16)13-23-21(25)19(20(22(23)26)30-11-10-24)14-8-9-17(28-2)18(12-14)29-3/h4-9,12,24H,10-11,13H2,1-3H3. The van der Waals surface area contributed by atoms with Crippen LogP contribution in [0.3, 0.4) is 0 Å². The number of aliphatic hydroxyl groups is 1. The largest absolute Gasteiger partial charge is 0.496 e. The number of aliphatic hydroxyl groups excluding tert-OH is 1. The molecule has 0 atom stereocenters. The summed E-state index contributed by atoms with van der Waals surface area (Å²) < 4.78 is 16.0. The average molecular weight is 429 g/mol. The van der Waals surface area contributed by atoms with Gasteiger partial charge in [0.25, 0.3) is 11.8 Å². The number of imide groups is 1. The van der Waals surface area contributed by atoms with E-state index < -0.39 is 11.8 Å². The number of hydrogen-bond acceptors (Lipinski definition) is 7. The summed E-state index contributed by atoms with van der Waals surface area (Å²) in [6, 6.07) is 12.3. The van der Waals surface area contributed by atoms with Gasteiger partial charge >= 0.3 is 0 Å². The van der Waals surface area contributed by atoms with Gasteiger partial charge in [-0.1, -0.05) is 24.3 Å². The number of hydrogen-bond donors (Lipinski definition) is 1. The summed E-state index contributed by atoms with van der Waals surface area (Å²) in [5, 5.41) is 9.25. The zero-order valence-corrected chi connectivity index (χ0v) is 17.8. The van der Waals surface area contributed by atoms with Crippen LogP contribution in [0.1, 0.15) is 11.1 Å². The van der Waals surface area contributed by atoms with Gasteiger partial charge in [-0.2, -0.15) is 0 Å². The first-order valence-corrected chi connectivity index (χ1v) is 10.2. The Morgan fingerprint density at radius 2 is 1.60 bits per heavy atom. The monoisotopic (exact) mass is 429 g/mol. The van der Waals surface area contributed by atoms with Crippen molar-refractivity contribution >= 4 is 29.1 Å².